The molecule has 1 amide bonds. The number of aryl methyl sites for hydroxylation is 1. The van der Waals surface area contributed by atoms with E-state index in [4.69, 9.17) is 0 Å². The number of rotatable bonds is 6. The van der Waals surface area contributed by atoms with Gasteiger partial charge in [0.2, 0.25) is 5.91 Å². The summed E-state index contributed by atoms with van der Waals surface area (Å²) in [5.74, 6) is 0.577. The number of anilines is 3. The average molecular weight is 409 g/mol. The SMILES string of the molecule is Cc1ccnc(Nc2nc(CC(=O)Nc3nc(-c4cccnc4)cs3)cs2)c1. The molecule has 7 nitrogen and oxygen atoms in total. The molecule has 0 aliphatic heterocycles. The molecule has 4 heterocycles. The van der Waals surface area contributed by atoms with Crippen LogP contribution in [0.1, 0.15) is 11.3 Å². The summed E-state index contributed by atoms with van der Waals surface area (Å²) in [6.45, 7) is 2.00. The molecule has 0 bridgehead atoms. The highest BCUT2D eigenvalue weighted by Gasteiger charge is 2.11. The smallest absolute Gasteiger partial charge is 0.232 e. The van der Waals surface area contributed by atoms with E-state index < -0.39 is 0 Å². The first-order valence-electron chi connectivity index (χ1n) is 8.45. The fraction of sp³-hybridized carbons (Fsp3) is 0.105. The van der Waals surface area contributed by atoms with Crippen molar-refractivity contribution >= 4 is 44.7 Å². The first-order valence-corrected chi connectivity index (χ1v) is 10.2. The number of thiazole rings is 2. The zero-order valence-electron chi connectivity index (χ0n) is 14.9. The summed E-state index contributed by atoms with van der Waals surface area (Å²) in [7, 11) is 0. The number of carbonyl (C=O) groups excluding carboxylic acids is 1. The Morgan fingerprint density at radius 2 is 2.00 bits per heavy atom. The number of nitrogens with zero attached hydrogens (tertiary/aromatic N) is 4. The van der Waals surface area contributed by atoms with Crippen LogP contribution in [0.25, 0.3) is 11.3 Å². The molecule has 0 radical (unpaired) electrons. The van der Waals surface area contributed by atoms with Gasteiger partial charge in [0.25, 0.3) is 0 Å². The molecular formula is C19H16N6OS2. The summed E-state index contributed by atoms with van der Waals surface area (Å²) in [6, 6.07) is 7.66. The molecule has 0 saturated carbocycles. The van der Waals surface area contributed by atoms with Crippen LogP contribution in [0, 0.1) is 6.92 Å². The van der Waals surface area contributed by atoms with Crippen LogP contribution in [0.4, 0.5) is 16.1 Å². The van der Waals surface area contributed by atoms with Gasteiger partial charge >= 0.3 is 0 Å². The molecule has 0 aromatic carbocycles. The van der Waals surface area contributed by atoms with Crippen molar-refractivity contribution in [2.45, 2.75) is 13.3 Å². The monoisotopic (exact) mass is 408 g/mol. The van der Waals surface area contributed by atoms with Crippen molar-refractivity contribution < 1.29 is 4.79 Å². The molecule has 140 valence electrons. The van der Waals surface area contributed by atoms with Gasteiger partial charge in [0.15, 0.2) is 10.3 Å². The van der Waals surface area contributed by atoms with Crippen LogP contribution in [0.2, 0.25) is 0 Å². The number of carbonyl (C=O) groups is 1. The zero-order chi connectivity index (χ0) is 19.3. The molecule has 2 N–H and O–H groups in total. The van der Waals surface area contributed by atoms with Gasteiger partial charge in [-0.05, 0) is 36.8 Å². The number of amides is 1. The van der Waals surface area contributed by atoms with Crippen LogP contribution in [-0.4, -0.2) is 25.8 Å². The van der Waals surface area contributed by atoms with Crippen molar-refractivity contribution in [2.24, 2.45) is 0 Å². The molecule has 0 aliphatic rings. The highest BCUT2D eigenvalue weighted by atomic mass is 32.1. The second kappa shape index (κ2) is 8.24. The third kappa shape index (κ3) is 4.56. The molecule has 0 saturated heterocycles. The lowest BCUT2D eigenvalue weighted by Crippen LogP contribution is -2.14. The summed E-state index contributed by atoms with van der Waals surface area (Å²) >= 11 is 2.82. The van der Waals surface area contributed by atoms with Gasteiger partial charge in [-0.15, -0.1) is 22.7 Å². The first kappa shape index (κ1) is 18.2. The van der Waals surface area contributed by atoms with Crippen LogP contribution in [0.5, 0.6) is 0 Å². The summed E-state index contributed by atoms with van der Waals surface area (Å²) in [6.07, 6.45) is 5.38. The third-order valence-corrected chi connectivity index (χ3v) is 5.32. The molecule has 0 aliphatic carbocycles. The van der Waals surface area contributed by atoms with E-state index in [2.05, 4.69) is 30.6 Å². The Bertz CT molecular complexity index is 1090. The molecule has 0 unspecified atom stereocenters. The molecule has 0 spiro atoms. The summed E-state index contributed by atoms with van der Waals surface area (Å²) in [5.41, 5.74) is 3.52. The zero-order valence-corrected chi connectivity index (χ0v) is 16.5. The molecule has 4 rings (SSSR count). The Kier molecular flexibility index (Phi) is 5.36. The third-order valence-electron chi connectivity index (χ3n) is 3.75. The molecule has 0 fully saturated rings. The van der Waals surface area contributed by atoms with Gasteiger partial charge < -0.3 is 10.6 Å². The number of pyridine rings is 2. The van der Waals surface area contributed by atoms with E-state index in [0.717, 1.165) is 22.6 Å². The van der Waals surface area contributed by atoms with Crippen LogP contribution >= 0.6 is 22.7 Å². The first-order chi connectivity index (χ1) is 13.7. The topological polar surface area (TPSA) is 92.7 Å². The lowest BCUT2D eigenvalue weighted by molar-refractivity contribution is -0.115. The molecule has 0 atom stereocenters. The van der Waals surface area contributed by atoms with Gasteiger partial charge in [0.05, 0.1) is 17.8 Å². The second-order valence-corrected chi connectivity index (χ2v) is 7.71. The van der Waals surface area contributed by atoms with Crippen LogP contribution in [-0.2, 0) is 11.2 Å². The molecule has 9 heteroatoms. The van der Waals surface area contributed by atoms with Crippen molar-refractivity contribution in [3.05, 3.63) is 64.9 Å². The minimum atomic E-state index is -0.155. The maximum absolute atomic E-state index is 12.3. The van der Waals surface area contributed by atoms with E-state index >= 15 is 0 Å². The molecule has 4 aromatic heterocycles. The molecule has 4 aromatic rings. The highest BCUT2D eigenvalue weighted by molar-refractivity contribution is 7.14. The van der Waals surface area contributed by atoms with Gasteiger partial charge in [-0.1, -0.05) is 0 Å². The van der Waals surface area contributed by atoms with Crippen molar-refractivity contribution in [1.82, 2.24) is 19.9 Å². The van der Waals surface area contributed by atoms with Gasteiger partial charge in [0, 0.05) is 34.9 Å². The van der Waals surface area contributed by atoms with Gasteiger partial charge in [-0.3, -0.25) is 9.78 Å². The lowest BCUT2D eigenvalue weighted by atomic mass is 10.2. The van der Waals surface area contributed by atoms with Gasteiger partial charge in [-0.25, -0.2) is 15.0 Å². The van der Waals surface area contributed by atoms with E-state index in [1.165, 1.54) is 22.7 Å². The van der Waals surface area contributed by atoms with E-state index in [0.29, 0.717) is 16.0 Å². The summed E-state index contributed by atoms with van der Waals surface area (Å²) in [5, 5.41) is 11.0. The van der Waals surface area contributed by atoms with Crippen LogP contribution < -0.4 is 10.6 Å². The Hall–Kier alpha value is -3.17. The Morgan fingerprint density at radius 3 is 2.82 bits per heavy atom. The fourth-order valence-electron chi connectivity index (χ4n) is 2.47. The summed E-state index contributed by atoms with van der Waals surface area (Å²) < 4.78 is 0. The van der Waals surface area contributed by atoms with Gasteiger partial charge in [0.1, 0.15) is 5.82 Å². The number of aromatic nitrogens is 4. The quantitative estimate of drug-likeness (QED) is 0.494. The molecular weight excluding hydrogens is 392 g/mol. The predicted octanol–water partition coefficient (Wildman–Crippen LogP) is 4.29. The van der Waals surface area contributed by atoms with E-state index in [-0.39, 0.29) is 12.3 Å². The van der Waals surface area contributed by atoms with Crippen LogP contribution in [0.15, 0.2) is 53.6 Å². The lowest BCUT2D eigenvalue weighted by Gasteiger charge is -2.02. The van der Waals surface area contributed by atoms with Gasteiger partial charge in [-0.2, -0.15) is 0 Å². The van der Waals surface area contributed by atoms with Crippen molar-refractivity contribution in [3.63, 3.8) is 0 Å². The highest BCUT2D eigenvalue weighted by Crippen LogP contribution is 2.25. The maximum Gasteiger partial charge on any atom is 0.232 e. The fourth-order valence-corrected chi connectivity index (χ4v) is 3.92. The Morgan fingerprint density at radius 1 is 1.11 bits per heavy atom. The second-order valence-electron chi connectivity index (χ2n) is 5.99. The van der Waals surface area contributed by atoms with Crippen molar-refractivity contribution in [3.8, 4) is 11.3 Å². The Balaban J connectivity index is 1.36. The standard InChI is InChI=1S/C19H16N6OS2/c1-12-4-6-21-16(7-12)24-18-22-14(10-27-18)8-17(26)25-19-23-15(11-28-19)13-3-2-5-20-9-13/h2-7,9-11H,8H2,1H3,(H,21,22,24)(H,23,25,26). The number of nitrogens with one attached hydrogen (secondary N) is 2. The minimum absolute atomic E-state index is 0.155. The van der Waals surface area contributed by atoms with Crippen LogP contribution in [0.3, 0.4) is 0 Å². The summed E-state index contributed by atoms with van der Waals surface area (Å²) in [4.78, 5) is 29.5. The number of hydrogen-bond donors (Lipinski definition) is 2. The average Bonchev–Trinajstić information content (AvgIpc) is 3.32. The van der Waals surface area contributed by atoms with E-state index in [9.17, 15) is 4.79 Å². The Labute approximate surface area is 169 Å². The predicted molar refractivity (Wildman–Crippen MR) is 112 cm³/mol. The van der Waals surface area contributed by atoms with Crippen molar-refractivity contribution in [1.29, 1.82) is 0 Å². The van der Waals surface area contributed by atoms with E-state index in [1.807, 2.05) is 41.9 Å². The normalized spacial score (nSPS) is 10.6. The molecule has 28 heavy (non-hydrogen) atoms. The van der Waals surface area contributed by atoms with Crippen molar-refractivity contribution in [2.75, 3.05) is 10.6 Å². The maximum atomic E-state index is 12.3. The van der Waals surface area contributed by atoms with E-state index in [1.54, 1.807) is 18.6 Å². The minimum Gasteiger partial charge on any atom is -0.316 e. The largest absolute Gasteiger partial charge is 0.316 e. The number of hydrogen-bond acceptors (Lipinski definition) is 8.